The Balaban J connectivity index is 1.78. The lowest BCUT2D eigenvalue weighted by atomic mass is 10.1. The molecule has 2 N–H and O–H groups in total. The van der Waals surface area contributed by atoms with Crippen LogP contribution in [-0.2, 0) is 16.0 Å². The molecule has 0 aliphatic heterocycles. The molecule has 0 fully saturated rings. The van der Waals surface area contributed by atoms with Gasteiger partial charge < -0.3 is 10.6 Å². The predicted octanol–water partition coefficient (Wildman–Crippen LogP) is 2.50. The van der Waals surface area contributed by atoms with E-state index in [0.29, 0.717) is 5.56 Å². The summed E-state index contributed by atoms with van der Waals surface area (Å²) in [4.78, 5) is 23.6. The van der Waals surface area contributed by atoms with Crippen molar-refractivity contribution < 1.29 is 18.4 Å². The van der Waals surface area contributed by atoms with Gasteiger partial charge in [-0.15, -0.1) is 0 Å². The number of hydrogen-bond donors (Lipinski definition) is 2. The molecule has 0 saturated heterocycles. The Morgan fingerprint density at radius 2 is 1.71 bits per heavy atom. The van der Waals surface area contributed by atoms with Crippen LogP contribution in [0.4, 0.5) is 8.78 Å². The van der Waals surface area contributed by atoms with Crippen LogP contribution in [0.2, 0.25) is 0 Å². The highest BCUT2D eigenvalue weighted by Gasteiger charge is 2.11. The molecule has 0 bridgehead atoms. The fourth-order valence-electron chi connectivity index (χ4n) is 2.20. The summed E-state index contributed by atoms with van der Waals surface area (Å²) in [5, 5.41) is 5.19. The van der Waals surface area contributed by atoms with Crippen molar-refractivity contribution in [2.75, 3.05) is 6.54 Å². The van der Waals surface area contributed by atoms with Gasteiger partial charge in [-0.1, -0.05) is 24.3 Å². The van der Waals surface area contributed by atoms with Gasteiger partial charge in [0.25, 0.3) is 0 Å². The summed E-state index contributed by atoms with van der Waals surface area (Å²) in [5.74, 6) is -1.49. The molecule has 24 heavy (non-hydrogen) atoms. The highest BCUT2D eigenvalue weighted by atomic mass is 19.1. The molecule has 0 heterocycles. The maximum atomic E-state index is 13.0. The highest BCUT2D eigenvalue weighted by molar-refractivity contribution is 5.85. The molecule has 126 valence electrons. The smallest absolute Gasteiger partial charge is 0.239 e. The first-order valence-corrected chi connectivity index (χ1v) is 7.50. The summed E-state index contributed by atoms with van der Waals surface area (Å²) >= 11 is 0. The Labute approximate surface area is 138 Å². The number of carbonyl (C=O) groups is 2. The second-order valence-electron chi connectivity index (χ2n) is 5.42. The predicted molar refractivity (Wildman–Crippen MR) is 86.1 cm³/mol. The lowest BCUT2D eigenvalue weighted by molar-refractivity contribution is -0.126. The van der Waals surface area contributed by atoms with Crippen LogP contribution < -0.4 is 10.6 Å². The van der Waals surface area contributed by atoms with E-state index in [1.165, 1.54) is 30.3 Å². The van der Waals surface area contributed by atoms with Gasteiger partial charge in [-0.05, 0) is 42.3 Å². The number of amides is 2. The molecular weight excluding hydrogens is 314 g/mol. The van der Waals surface area contributed by atoms with Crippen LogP contribution in [0, 0.1) is 11.6 Å². The van der Waals surface area contributed by atoms with E-state index in [0.717, 1.165) is 5.56 Å². The standard InChI is InChI=1S/C18H18F2N2O2/c1-12(14-5-7-15(19)8-6-14)22-18(24)11-21-17(23)10-13-3-2-4-16(20)9-13/h2-9,12H,10-11H2,1H3,(H,21,23)(H,22,24). The first kappa shape index (κ1) is 17.6. The Morgan fingerprint density at radius 1 is 1.00 bits per heavy atom. The van der Waals surface area contributed by atoms with Gasteiger partial charge in [0.15, 0.2) is 0 Å². The summed E-state index contributed by atoms with van der Waals surface area (Å²) in [5.41, 5.74) is 1.29. The third-order valence-electron chi connectivity index (χ3n) is 3.45. The molecule has 2 aromatic rings. The van der Waals surface area contributed by atoms with Gasteiger partial charge in [-0.25, -0.2) is 8.78 Å². The van der Waals surface area contributed by atoms with Gasteiger partial charge in [0.2, 0.25) is 11.8 Å². The van der Waals surface area contributed by atoms with Crippen molar-refractivity contribution in [3.63, 3.8) is 0 Å². The Kier molecular flexibility index (Phi) is 6.01. The zero-order chi connectivity index (χ0) is 17.5. The lowest BCUT2D eigenvalue weighted by Gasteiger charge is -2.14. The van der Waals surface area contributed by atoms with Crippen molar-refractivity contribution in [3.8, 4) is 0 Å². The number of benzene rings is 2. The number of hydrogen-bond acceptors (Lipinski definition) is 2. The fourth-order valence-corrected chi connectivity index (χ4v) is 2.20. The maximum Gasteiger partial charge on any atom is 0.239 e. The van der Waals surface area contributed by atoms with E-state index in [2.05, 4.69) is 10.6 Å². The second kappa shape index (κ2) is 8.19. The van der Waals surface area contributed by atoms with Gasteiger partial charge in [0, 0.05) is 0 Å². The molecule has 4 nitrogen and oxygen atoms in total. The van der Waals surface area contributed by atoms with Crippen LogP contribution in [0.25, 0.3) is 0 Å². The molecule has 0 aliphatic carbocycles. The number of carbonyl (C=O) groups excluding carboxylic acids is 2. The van der Waals surface area contributed by atoms with E-state index in [-0.39, 0.29) is 36.6 Å². The average molecular weight is 332 g/mol. The van der Waals surface area contributed by atoms with Gasteiger partial charge >= 0.3 is 0 Å². The molecule has 0 radical (unpaired) electrons. The fraction of sp³-hybridized carbons (Fsp3) is 0.222. The first-order valence-electron chi connectivity index (χ1n) is 7.50. The summed E-state index contributed by atoms with van der Waals surface area (Å²) in [6.45, 7) is 1.58. The van der Waals surface area contributed by atoms with E-state index < -0.39 is 5.82 Å². The molecule has 2 amide bonds. The Bertz CT molecular complexity index is 717. The molecule has 0 saturated carbocycles. The summed E-state index contributed by atoms with van der Waals surface area (Å²) < 4.78 is 25.9. The van der Waals surface area contributed by atoms with Crippen LogP contribution in [0.5, 0.6) is 0 Å². The molecule has 2 aromatic carbocycles. The van der Waals surface area contributed by atoms with E-state index in [9.17, 15) is 18.4 Å². The van der Waals surface area contributed by atoms with Crippen LogP contribution in [0.1, 0.15) is 24.1 Å². The monoisotopic (exact) mass is 332 g/mol. The summed E-state index contributed by atoms with van der Waals surface area (Å²) in [7, 11) is 0. The van der Waals surface area contributed by atoms with Crippen LogP contribution in [0.3, 0.4) is 0 Å². The molecule has 0 spiro atoms. The SMILES string of the molecule is CC(NC(=O)CNC(=O)Cc1cccc(F)c1)c1ccc(F)cc1. The van der Waals surface area contributed by atoms with Gasteiger partial charge in [0.05, 0.1) is 19.0 Å². The Hall–Kier alpha value is -2.76. The normalized spacial score (nSPS) is 11.6. The van der Waals surface area contributed by atoms with E-state index >= 15 is 0 Å². The Morgan fingerprint density at radius 3 is 2.38 bits per heavy atom. The van der Waals surface area contributed by atoms with E-state index in [1.54, 1.807) is 25.1 Å². The molecular formula is C18H18F2N2O2. The summed E-state index contributed by atoms with van der Waals surface area (Å²) in [6.07, 6.45) is -0.00143. The zero-order valence-electron chi connectivity index (χ0n) is 13.2. The largest absolute Gasteiger partial charge is 0.348 e. The number of nitrogens with one attached hydrogen (secondary N) is 2. The van der Waals surface area contributed by atoms with Crippen LogP contribution >= 0.6 is 0 Å². The summed E-state index contributed by atoms with van der Waals surface area (Å²) in [6, 6.07) is 11.2. The molecule has 0 aliphatic rings. The minimum atomic E-state index is -0.411. The van der Waals surface area contributed by atoms with Gasteiger partial charge in [-0.3, -0.25) is 9.59 Å². The van der Waals surface area contributed by atoms with Crippen LogP contribution in [0.15, 0.2) is 48.5 Å². The van der Waals surface area contributed by atoms with Crippen molar-refractivity contribution >= 4 is 11.8 Å². The molecule has 0 aromatic heterocycles. The highest BCUT2D eigenvalue weighted by Crippen LogP contribution is 2.12. The third-order valence-corrected chi connectivity index (χ3v) is 3.45. The second-order valence-corrected chi connectivity index (χ2v) is 5.42. The lowest BCUT2D eigenvalue weighted by Crippen LogP contribution is -2.38. The van der Waals surface area contributed by atoms with Crippen LogP contribution in [-0.4, -0.2) is 18.4 Å². The van der Waals surface area contributed by atoms with Crippen molar-refractivity contribution in [2.45, 2.75) is 19.4 Å². The molecule has 6 heteroatoms. The molecule has 2 rings (SSSR count). The zero-order valence-corrected chi connectivity index (χ0v) is 13.2. The first-order chi connectivity index (χ1) is 11.4. The topological polar surface area (TPSA) is 58.2 Å². The van der Waals surface area contributed by atoms with E-state index in [1.807, 2.05) is 0 Å². The van der Waals surface area contributed by atoms with Crippen molar-refractivity contribution in [3.05, 3.63) is 71.3 Å². The van der Waals surface area contributed by atoms with Crippen molar-refractivity contribution in [1.29, 1.82) is 0 Å². The number of rotatable bonds is 6. The quantitative estimate of drug-likeness (QED) is 0.854. The third kappa shape index (κ3) is 5.46. The molecule has 1 atom stereocenters. The van der Waals surface area contributed by atoms with Crippen molar-refractivity contribution in [2.24, 2.45) is 0 Å². The molecule has 1 unspecified atom stereocenters. The van der Waals surface area contributed by atoms with Crippen molar-refractivity contribution in [1.82, 2.24) is 10.6 Å². The van der Waals surface area contributed by atoms with Gasteiger partial charge in [-0.2, -0.15) is 0 Å². The minimum absolute atomic E-state index is 0.00143. The minimum Gasteiger partial charge on any atom is -0.348 e. The van der Waals surface area contributed by atoms with Gasteiger partial charge in [0.1, 0.15) is 11.6 Å². The average Bonchev–Trinajstić information content (AvgIpc) is 2.53. The number of halogens is 2. The maximum absolute atomic E-state index is 13.0. The van der Waals surface area contributed by atoms with E-state index in [4.69, 9.17) is 0 Å².